The van der Waals surface area contributed by atoms with E-state index in [0.29, 0.717) is 0 Å². The van der Waals surface area contributed by atoms with Gasteiger partial charge in [-0.05, 0) is 17.2 Å². The maximum Gasteiger partial charge on any atom is 0.354 e. The molecule has 4 heteroatoms. The molecule has 2 aromatic carbocycles. The summed E-state index contributed by atoms with van der Waals surface area (Å²) in [7, 11) is 1.28. The van der Waals surface area contributed by atoms with E-state index >= 15 is 0 Å². The normalized spacial score (nSPS) is 10.9. The van der Waals surface area contributed by atoms with Crippen LogP contribution in [0, 0.1) is 0 Å². The minimum absolute atomic E-state index is 0.120. The van der Waals surface area contributed by atoms with Crippen LogP contribution in [0.5, 0.6) is 0 Å². The van der Waals surface area contributed by atoms with Crippen LogP contribution in [-0.4, -0.2) is 19.0 Å². The molecule has 0 saturated heterocycles. The van der Waals surface area contributed by atoms with E-state index in [1.165, 1.54) is 7.11 Å². The number of ether oxygens (including phenoxy) is 1. The average Bonchev–Trinajstić information content (AvgIpc) is 2.55. The molecule has 0 fully saturated rings. The van der Waals surface area contributed by atoms with Gasteiger partial charge in [-0.15, -0.1) is 0 Å². The van der Waals surface area contributed by atoms with Crippen molar-refractivity contribution in [1.29, 1.82) is 0 Å². The number of hydrogen-bond acceptors (Lipinski definition) is 3. The summed E-state index contributed by atoms with van der Waals surface area (Å²) in [5, 5.41) is 2.61. The zero-order valence-electron chi connectivity index (χ0n) is 12.3. The monoisotopic (exact) mass is 295 g/mol. The third-order valence-electron chi connectivity index (χ3n) is 3.00. The molecule has 0 aliphatic carbocycles. The smallest absolute Gasteiger partial charge is 0.354 e. The molecule has 112 valence electrons. The number of amides is 1. The minimum atomic E-state index is -0.578. The fourth-order valence-corrected chi connectivity index (χ4v) is 1.95. The summed E-state index contributed by atoms with van der Waals surface area (Å²) >= 11 is 0. The summed E-state index contributed by atoms with van der Waals surface area (Å²) in [5.74, 6) is -0.843. The summed E-state index contributed by atoms with van der Waals surface area (Å²) in [5.41, 5.74) is 1.81. The second-order valence-electron chi connectivity index (χ2n) is 4.67. The Kier molecular flexibility index (Phi) is 5.49. The first kappa shape index (κ1) is 15.5. The summed E-state index contributed by atoms with van der Waals surface area (Å²) in [6.07, 6.45) is 1.79. The van der Waals surface area contributed by atoms with Gasteiger partial charge in [0.05, 0.1) is 13.5 Å². The SMILES string of the molecule is COC(=O)/C(=C/c1ccccc1)NC(=O)Cc1ccccc1. The maximum absolute atomic E-state index is 12.1. The molecule has 0 bridgehead atoms. The first-order chi connectivity index (χ1) is 10.7. The van der Waals surface area contributed by atoms with E-state index in [4.69, 9.17) is 4.74 Å². The van der Waals surface area contributed by atoms with E-state index in [1.807, 2.05) is 60.7 Å². The Bertz CT molecular complexity index is 663. The molecular weight excluding hydrogens is 278 g/mol. The maximum atomic E-state index is 12.1. The van der Waals surface area contributed by atoms with Gasteiger partial charge in [0.15, 0.2) is 0 Å². The fourth-order valence-electron chi connectivity index (χ4n) is 1.95. The molecule has 1 N–H and O–H groups in total. The van der Waals surface area contributed by atoms with Gasteiger partial charge in [-0.25, -0.2) is 4.79 Å². The van der Waals surface area contributed by atoms with Crippen molar-refractivity contribution in [2.45, 2.75) is 6.42 Å². The van der Waals surface area contributed by atoms with Crippen molar-refractivity contribution >= 4 is 18.0 Å². The third kappa shape index (κ3) is 4.59. The van der Waals surface area contributed by atoms with Crippen molar-refractivity contribution in [3.8, 4) is 0 Å². The summed E-state index contributed by atoms with van der Waals surface area (Å²) in [6, 6.07) is 18.6. The van der Waals surface area contributed by atoms with Gasteiger partial charge in [-0.2, -0.15) is 0 Å². The summed E-state index contributed by atoms with van der Waals surface area (Å²) in [4.78, 5) is 23.9. The van der Waals surface area contributed by atoms with Gasteiger partial charge in [0.1, 0.15) is 5.70 Å². The van der Waals surface area contributed by atoms with Gasteiger partial charge in [0.2, 0.25) is 5.91 Å². The second-order valence-corrected chi connectivity index (χ2v) is 4.67. The third-order valence-corrected chi connectivity index (χ3v) is 3.00. The lowest BCUT2D eigenvalue weighted by atomic mass is 10.1. The van der Waals surface area contributed by atoms with E-state index in [0.717, 1.165) is 11.1 Å². The highest BCUT2D eigenvalue weighted by atomic mass is 16.5. The van der Waals surface area contributed by atoms with E-state index in [-0.39, 0.29) is 18.0 Å². The summed E-state index contributed by atoms with van der Waals surface area (Å²) in [6.45, 7) is 0. The van der Waals surface area contributed by atoms with Gasteiger partial charge in [-0.3, -0.25) is 4.79 Å². The Hall–Kier alpha value is -2.88. The van der Waals surface area contributed by atoms with E-state index in [1.54, 1.807) is 6.08 Å². The van der Waals surface area contributed by atoms with Gasteiger partial charge in [-0.1, -0.05) is 60.7 Å². The van der Waals surface area contributed by atoms with Crippen LogP contribution in [-0.2, 0) is 20.7 Å². The van der Waals surface area contributed by atoms with Crippen LogP contribution in [0.15, 0.2) is 66.4 Å². The molecule has 2 rings (SSSR count). The van der Waals surface area contributed by atoms with Crippen molar-refractivity contribution in [2.24, 2.45) is 0 Å². The van der Waals surface area contributed by atoms with E-state index in [9.17, 15) is 9.59 Å². The highest BCUT2D eigenvalue weighted by Crippen LogP contribution is 2.07. The summed E-state index contributed by atoms with van der Waals surface area (Å²) < 4.78 is 4.71. The molecule has 0 radical (unpaired) electrons. The molecule has 0 heterocycles. The second kappa shape index (κ2) is 7.78. The van der Waals surface area contributed by atoms with Crippen molar-refractivity contribution in [2.75, 3.05) is 7.11 Å². The molecule has 22 heavy (non-hydrogen) atoms. The Morgan fingerprint density at radius 3 is 2.18 bits per heavy atom. The lowest BCUT2D eigenvalue weighted by molar-refractivity contribution is -0.137. The molecule has 2 aromatic rings. The Balaban J connectivity index is 2.12. The number of rotatable bonds is 5. The van der Waals surface area contributed by atoms with E-state index in [2.05, 4.69) is 5.32 Å². The lowest BCUT2D eigenvalue weighted by Crippen LogP contribution is -2.29. The first-order valence-corrected chi connectivity index (χ1v) is 6.88. The number of carbonyl (C=O) groups excluding carboxylic acids is 2. The number of hydrogen-bond donors (Lipinski definition) is 1. The van der Waals surface area contributed by atoms with Crippen molar-refractivity contribution in [3.05, 3.63) is 77.5 Å². The molecule has 0 aliphatic heterocycles. The number of methoxy groups -OCH3 is 1. The van der Waals surface area contributed by atoms with Crippen LogP contribution >= 0.6 is 0 Å². The number of carbonyl (C=O) groups is 2. The van der Waals surface area contributed by atoms with Crippen LogP contribution < -0.4 is 5.32 Å². The topological polar surface area (TPSA) is 55.4 Å². The number of nitrogens with one attached hydrogen (secondary N) is 1. The molecule has 0 aliphatic rings. The molecule has 0 unspecified atom stereocenters. The van der Waals surface area contributed by atoms with Gasteiger partial charge < -0.3 is 10.1 Å². The predicted molar refractivity (Wildman–Crippen MR) is 84.7 cm³/mol. The van der Waals surface area contributed by atoms with Crippen LogP contribution in [0.3, 0.4) is 0 Å². The van der Waals surface area contributed by atoms with Gasteiger partial charge >= 0.3 is 5.97 Å². The van der Waals surface area contributed by atoms with E-state index < -0.39 is 5.97 Å². The van der Waals surface area contributed by atoms with Crippen LogP contribution in [0.2, 0.25) is 0 Å². The highest BCUT2D eigenvalue weighted by molar-refractivity contribution is 5.98. The molecule has 4 nitrogen and oxygen atoms in total. The van der Waals surface area contributed by atoms with Crippen LogP contribution in [0.4, 0.5) is 0 Å². The average molecular weight is 295 g/mol. The molecule has 0 aromatic heterocycles. The molecule has 0 spiro atoms. The molecule has 1 amide bonds. The fraction of sp³-hybridized carbons (Fsp3) is 0.111. The largest absolute Gasteiger partial charge is 0.464 e. The van der Waals surface area contributed by atoms with Crippen molar-refractivity contribution < 1.29 is 14.3 Å². The first-order valence-electron chi connectivity index (χ1n) is 6.88. The number of benzene rings is 2. The van der Waals surface area contributed by atoms with Crippen molar-refractivity contribution in [3.63, 3.8) is 0 Å². The van der Waals surface area contributed by atoms with Gasteiger partial charge in [0.25, 0.3) is 0 Å². The number of esters is 1. The van der Waals surface area contributed by atoms with Crippen LogP contribution in [0.25, 0.3) is 6.08 Å². The highest BCUT2D eigenvalue weighted by Gasteiger charge is 2.13. The van der Waals surface area contributed by atoms with Crippen LogP contribution in [0.1, 0.15) is 11.1 Å². The zero-order chi connectivity index (χ0) is 15.8. The molecule has 0 saturated carbocycles. The molecule has 0 atom stereocenters. The lowest BCUT2D eigenvalue weighted by Gasteiger charge is -2.08. The Morgan fingerprint density at radius 2 is 1.59 bits per heavy atom. The molecular formula is C18H17NO3. The standard InChI is InChI=1S/C18H17NO3/c1-22-18(21)16(12-14-8-4-2-5-9-14)19-17(20)13-15-10-6-3-7-11-15/h2-12H,13H2,1H3,(H,19,20)/b16-12-. The Morgan fingerprint density at radius 1 is 1.00 bits per heavy atom. The predicted octanol–water partition coefficient (Wildman–Crippen LogP) is 2.56. The van der Waals surface area contributed by atoms with Crippen molar-refractivity contribution in [1.82, 2.24) is 5.32 Å². The van der Waals surface area contributed by atoms with Gasteiger partial charge in [0, 0.05) is 0 Å². The zero-order valence-corrected chi connectivity index (χ0v) is 12.3. The Labute approximate surface area is 129 Å². The quantitative estimate of drug-likeness (QED) is 0.681. The minimum Gasteiger partial charge on any atom is -0.464 e.